The van der Waals surface area contributed by atoms with Crippen molar-refractivity contribution >= 4 is 29.6 Å². The quantitative estimate of drug-likeness (QED) is 0.371. The van der Waals surface area contributed by atoms with Gasteiger partial charge in [0, 0.05) is 6.20 Å². The summed E-state index contributed by atoms with van der Waals surface area (Å²) < 4.78 is 0. The smallest absolute Gasteiger partial charge is 0.105 e. The molecule has 0 aliphatic heterocycles. The summed E-state index contributed by atoms with van der Waals surface area (Å²) in [4.78, 5) is 3.81. The minimum absolute atomic E-state index is 0.324. The molecular weight excluding hydrogens is 172 g/mol. The van der Waals surface area contributed by atoms with Gasteiger partial charge in [0.05, 0.1) is 17.4 Å². The molecule has 0 fully saturated rings. The molecule has 0 aliphatic carbocycles. The van der Waals surface area contributed by atoms with E-state index in [9.17, 15) is 0 Å². The fourth-order valence-corrected chi connectivity index (χ4v) is 0.487. The second kappa shape index (κ2) is 6.23. The minimum Gasteiger partial charge on any atom is -0.397 e. The summed E-state index contributed by atoms with van der Waals surface area (Å²) in [6, 6.07) is 0. The molecule has 0 aromatic rings. The Morgan fingerprint density at radius 3 is 2.67 bits per heavy atom. The number of nitrogens with one attached hydrogen (secondary N) is 1. The molecule has 0 heterocycles. The lowest BCUT2D eigenvalue weighted by Crippen LogP contribution is -2.13. The predicted octanol–water partition coefficient (Wildman–Crippen LogP) is 0.576. The van der Waals surface area contributed by atoms with Gasteiger partial charge in [0.25, 0.3) is 0 Å². The van der Waals surface area contributed by atoms with Gasteiger partial charge >= 0.3 is 0 Å². The third-order valence-corrected chi connectivity index (χ3v) is 0.979. The van der Waals surface area contributed by atoms with Gasteiger partial charge in [-0.25, -0.2) is 0 Å². The molecule has 0 saturated carbocycles. The second-order valence-corrected chi connectivity index (χ2v) is 1.96. The normalized spacial score (nSPS) is 11.2. The number of nitrogens with zero attached hydrogens (tertiary/aromatic N) is 2. The molecule has 12 heavy (non-hydrogen) atoms. The SMILES string of the molecule is C=CN=C(/C=N/NC=S)C(=C)N. The van der Waals surface area contributed by atoms with E-state index in [4.69, 9.17) is 5.73 Å². The summed E-state index contributed by atoms with van der Waals surface area (Å²) >= 11 is 4.47. The minimum atomic E-state index is 0.324. The lowest BCUT2D eigenvalue weighted by atomic mass is 10.3. The Balaban J connectivity index is 4.33. The average Bonchev–Trinajstić information content (AvgIpc) is 2.03. The first-order valence-electron chi connectivity index (χ1n) is 3.08. The number of aliphatic imine (C=N–C) groups is 1. The van der Waals surface area contributed by atoms with E-state index < -0.39 is 0 Å². The summed E-state index contributed by atoms with van der Waals surface area (Å²) in [5.41, 5.74) is 9.86. The van der Waals surface area contributed by atoms with Crippen LogP contribution in [0.3, 0.4) is 0 Å². The molecule has 0 bridgehead atoms. The summed E-state index contributed by atoms with van der Waals surface area (Å²) in [7, 11) is 0. The first-order valence-corrected chi connectivity index (χ1v) is 3.55. The third-order valence-electron chi connectivity index (χ3n) is 0.873. The Morgan fingerprint density at radius 2 is 2.25 bits per heavy atom. The molecule has 0 saturated heterocycles. The maximum Gasteiger partial charge on any atom is 0.105 e. The third kappa shape index (κ3) is 4.35. The highest BCUT2D eigenvalue weighted by Crippen LogP contribution is 1.84. The van der Waals surface area contributed by atoms with Gasteiger partial charge < -0.3 is 5.73 Å². The van der Waals surface area contributed by atoms with Gasteiger partial charge in [-0.1, -0.05) is 25.4 Å². The van der Waals surface area contributed by atoms with E-state index in [-0.39, 0.29) is 0 Å². The topological polar surface area (TPSA) is 62.8 Å². The number of nitrogens with two attached hydrogens (primary N) is 1. The van der Waals surface area contributed by atoms with Crippen molar-refractivity contribution in [3.8, 4) is 0 Å². The maximum atomic E-state index is 5.38. The number of rotatable bonds is 5. The number of hydrazone groups is 1. The highest BCUT2D eigenvalue weighted by atomic mass is 32.1. The molecule has 0 atom stereocenters. The van der Waals surface area contributed by atoms with E-state index in [1.165, 1.54) is 17.9 Å². The summed E-state index contributed by atoms with van der Waals surface area (Å²) in [5, 5.41) is 3.68. The van der Waals surface area contributed by atoms with E-state index in [2.05, 4.69) is 40.9 Å². The van der Waals surface area contributed by atoms with Gasteiger partial charge in [-0.2, -0.15) is 5.10 Å². The molecule has 0 radical (unpaired) electrons. The molecule has 0 aliphatic rings. The van der Waals surface area contributed by atoms with Gasteiger partial charge in [0.15, 0.2) is 0 Å². The Morgan fingerprint density at radius 1 is 1.58 bits per heavy atom. The molecule has 5 heteroatoms. The molecule has 4 nitrogen and oxygen atoms in total. The zero-order valence-corrected chi connectivity index (χ0v) is 7.34. The van der Waals surface area contributed by atoms with E-state index >= 15 is 0 Å². The monoisotopic (exact) mass is 182 g/mol. The van der Waals surface area contributed by atoms with E-state index in [0.29, 0.717) is 11.4 Å². The van der Waals surface area contributed by atoms with Crippen LogP contribution in [0, 0.1) is 0 Å². The lowest BCUT2D eigenvalue weighted by Gasteiger charge is -1.95. The van der Waals surface area contributed by atoms with Crippen LogP contribution in [0.25, 0.3) is 0 Å². The van der Waals surface area contributed by atoms with Crippen molar-refractivity contribution in [2.45, 2.75) is 0 Å². The standard InChI is InChI=1S/C7H10N4S/c1-3-9-7(6(2)8)4-10-11-5-12/h3-5H,1-2,8H2,(H,11,12)/b9-7?,10-4+. The number of allylic oxidation sites excluding steroid dienone is 1. The molecule has 0 amide bonds. The Labute approximate surface area is 76.6 Å². The summed E-state index contributed by atoms with van der Waals surface area (Å²) in [6.45, 7) is 6.91. The number of hydrogen-bond acceptors (Lipinski definition) is 4. The van der Waals surface area contributed by atoms with Crippen molar-refractivity contribution in [3.05, 3.63) is 25.1 Å². The molecule has 0 unspecified atom stereocenters. The van der Waals surface area contributed by atoms with Crippen LogP contribution >= 0.6 is 12.2 Å². The zero-order chi connectivity index (χ0) is 9.40. The van der Waals surface area contributed by atoms with Crippen LogP contribution in [-0.2, 0) is 0 Å². The zero-order valence-electron chi connectivity index (χ0n) is 6.53. The summed E-state index contributed by atoms with van der Waals surface area (Å²) in [6.07, 6.45) is 2.77. The molecule has 3 N–H and O–H groups in total. The van der Waals surface area contributed by atoms with Crippen LogP contribution in [0.2, 0.25) is 0 Å². The van der Waals surface area contributed by atoms with Gasteiger partial charge in [-0.05, 0) is 0 Å². The molecular formula is C7H10N4S. The first-order chi connectivity index (χ1) is 5.72. The maximum absolute atomic E-state index is 5.38. The van der Waals surface area contributed by atoms with Gasteiger partial charge in [0.1, 0.15) is 5.71 Å². The van der Waals surface area contributed by atoms with Crippen molar-refractivity contribution < 1.29 is 0 Å². The van der Waals surface area contributed by atoms with E-state index in [0.717, 1.165) is 0 Å². The van der Waals surface area contributed by atoms with Crippen molar-refractivity contribution in [1.82, 2.24) is 5.43 Å². The lowest BCUT2D eigenvalue weighted by molar-refractivity contribution is 1.08. The first kappa shape index (κ1) is 10.5. The highest BCUT2D eigenvalue weighted by molar-refractivity contribution is 7.78. The molecule has 0 aromatic heterocycles. The van der Waals surface area contributed by atoms with Crippen LogP contribution in [0.4, 0.5) is 0 Å². The van der Waals surface area contributed by atoms with Crippen molar-refractivity contribution in [2.75, 3.05) is 0 Å². The Bertz CT molecular complexity index is 242. The van der Waals surface area contributed by atoms with Crippen molar-refractivity contribution in [2.24, 2.45) is 15.8 Å². The van der Waals surface area contributed by atoms with E-state index in [1.807, 2.05) is 0 Å². The van der Waals surface area contributed by atoms with Crippen LogP contribution in [-0.4, -0.2) is 17.4 Å². The highest BCUT2D eigenvalue weighted by Gasteiger charge is 1.93. The molecule has 0 spiro atoms. The second-order valence-electron chi connectivity index (χ2n) is 1.73. The fourth-order valence-electron chi connectivity index (χ4n) is 0.426. The number of hydrogen-bond donors (Lipinski definition) is 2. The molecule has 64 valence electrons. The number of thiocarbonyl (C=S) groups is 1. The Kier molecular flexibility index (Phi) is 5.46. The van der Waals surface area contributed by atoms with Crippen LogP contribution in [0.1, 0.15) is 0 Å². The van der Waals surface area contributed by atoms with E-state index in [1.54, 1.807) is 0 Å². The fraction of sp³-hybridized carbons (Fsp3) is 0. The van der Waals surface area contributed by atoms with Gasteiger partial charge in [-0.3, -0.25) is 10.4 Å². The van der Waals surface area contributed by atoms with Gasteiger partial charge in [0.2, 0.25) is 0 Å². The largest absolute Gasteiger partial charge is 0.397 e. The van der Waals surface area contributed by atoms with Crippen LogP contribution in [0.15, 0.2) is 35.1 Å². The van der Waals surface area contributed by atoms with Gasteiger partial charge in [-0.15, -0.1) is 0 Å². The van der Waals surface area contributed by atoms with Crippen LogP contribution < -0.4 is 11.2 Å². The summed E-state index contributed by atoms with van der Waals surface area (Å²) in [5.74, 6) is 0. The van der Waals surface area contributed by atoms with Crippen molar-refractivity contribution in [3.63, 3.8) is 0 Å². The predicted molar refractivity (Wildman–Crippen MR) is 56.2 cm³/mol. The average molecular weight is 182 g/mol. The Hall–Kier alpha value is -1.49. The molecule has 0 aromatic carbocycles. The van der Waals surface area contributed by atoms with Crippen molar-refractivity contribution in [1.29, 1.82) is 0 Å². The molecule has 0 rings (SSSR count). The van der Waals surface area contributed by atoms with Crippen LogP contribution in [0.5, 0.6) is 0 Å².